The van der Waals surface area contributed by atoms with Gasteiger partial charge in [0, 0.05) is 30.6 Å². The van der Waals surface area contributed by atoms with Gasteiger partial charge in [-0.3, -0.25) is 14.4 Å². The molecule has 8 nitrogen and oxygen atoms in total. The Labute approximate surface area is 212 Å². The van der Waals surface area contributed by atoms with E-state index in [1.54, 1.807) is 11.9 Å². The van der Waals surface area contributed by atoms with E-state index in [0.29, 0.717) is 13.0 Å². The molecule has 0 aromatic carbocycles. The molecule has 3 saturated heterocycles. The zero-order valence-corrected chi connectivity index (χ0v) is 23.0. The second-order valence-corrected chi connectivity index (χ2v) is 13.2. The number of alkyl halides is 1. The van der Waals surface area contributed by atoms with Gasteiger partial charge in [-0.25, -0.2) is 0 Å². The van der Waals surface area contributed by atoms with Crippen LogP contribution in [0.15, 0.2) is 0 Å². The first-order valence-corrected chi connectivity index (χ1v) is 13.5. The van der Waals surface area contributed by atoms with E-state index < -0.39 is 35.1 Å². The van der Waals surface area contributed by atoms with Crippen molar-refractivity contribution in [2.24, 2.45) is 17.3 Å². The average Bonchev–Trinajstić information content (AvgIpc) is 3.28. The molecular formula is C25H42BrN3O5. The van der Waals surface area contributed by atoms with Crippen LogP contribution in [0.3, 0.4) is 0 Å². The molecule has 194 valence electrons. The van der Waals surface area contributed by atoms with Gasteiger partial charge in [-0.15, -0.1) is 0 Å². The molecule has 3 fully saturated rings. The maximum absolute atomic E-state index is 13.9. The van der Waals surface area contributed by atoms with Crippen molar-refractivity contribution in [2.45, 2.75) is 101 Å². The lowest BCUT2D eigenvalue weighted by molar-refractivity contribution is -0.142. The van der Waals surface area contributed by atoms with E-state index in [-0.39, 0.29) is 34.6 Å². The molecule has 0 saturated carbocycles. The van der Waals surface area contributed by atoms with Crippen LogP contribution in [0.1, 0.15) is 73.1 Å². The predicted molar refractivity (Wildman–Crippen MR) is 133 cm³/mol. The SMILES string of the molecule is CNC(=O)[C@H]1[C@@H]2OC3(CC2Br)C(C(=O)NC(C)(C)CC(C)(C)C)N(CCCCCCO)C(=O)[C@H]13. The Kier molecular flexibility index (Phi) is 8.10. The third-order valence-electron chi connectivity index (χ3n) is 7.33. The summed E-state index contributed by atoms with van der Waals surface area (Å²) in [5, 5.41) is 15.0. The van der Waals surface area contributed by atoms with Gasteiger partial charge in [0.05, 0.1) is 17.9 Å². The number of aliphatic hydroxyl groups is 1. The molecule has 9 heteroatoms. The minimum absolute atomic E-state index is 0.0169. The van der Waals surface area contributed by atoms with Gasteiger partial charge in [0.2, 0.25) is 17.7 Å². The fourth-order valence-electron chi connectivity index (χ4n) is 6.66. The number of nitrogens with one attached hydrogen (secondary N) is 2. The average molecular weight is 545 g/mol. The standard InChI is InChI=1S/C25H42BrN3O5/c1-23(2,3)14-24(4,5)28-21(32)19-25-13-15(26)18(34-25)16(20(31)27-6)17(25)22(33)29(19)11-9-7-8-10-12-30/h15-19,30H,7-14H2,1-6H3,(H,27,31)(H,28,32)/t15?,16-,17+,18-,19?,25?/m1/s1. The Hall–Kier alpha value is -1.19. The molecule has 2 bridgehead atoms. The molecule has 3 aliphatic heterocycles. The van der Waals surface area contributed by atoms with Crippen molar-refractivity contribution >= 4 is 33.7 Å². The van der Waals surface area contributed by atoms with Crippen molar-refractivity contribution in [3.05, 3.63) is 0 Å². The van der Waals surface area contributed by atoms with Crippen molar-refractivity contribution in [3.8, 4) is 0 Å². The van der Waals surface area contributed by atoms with Gasteiger partial charge in [0.15, 0.2) is 0 Å². The summed E-state index contributed by atoms with van der Waals surface area (Å²) in [6, 6.07) is -0.776. The predicted octanol–water partition coefficient (Wildman–Crippen LogP) is 2.36. The first-order chi connectivity index (χ1) is 15.8. The van der Waals surface area contributed by atoms with E-state index in [2.05, 4.69) is 47.3 Å². The third kappa shape index (κ3) is 5.16. The topological polar surface area (TPSA) is 108 Å². The number of hydrogen-bond donors (Lipinski definition) is 3. The summed E-state index contributed by atoms with van der Waals surface area (Å²) in [6.45, 7) is 11.0. The smallest absolute Gasteiger partial charge is 0.246 e. The largest absolute Gasteiger partial charge is 0.396 e. The Morgan fingerprint density at radius 1 is 1.15 bits per heavy atom. The highest BCUT2D eigenvalue weighted by Crippen LogP contribution is 2.60. The van der Waals surface area contributed by atoms with Gasteiger partial charge >= 0.3 is 0 Å². The quantitative estimate of drug-likeness (QED) is 0.289. The van der Waals surface area contributed by atoms with Crippen LogP contribution in [0, 0.1) is 17.3 Å². The van der Waals surface area contributed by atoms with Gasteiger partial charge in [-0.1, -0.05) is 49.5 Å². The number of nitrogens with zero attached hydrogens (tertiary/aromatic N) is 1. The van der Waals surface area contributed by atoms with Crippen LogP contribution in [0.4, 0.5) is 0 Å². The summed E-state index contributed by atoms with van der Waals surface area (Å²) in [4.78, 5) is 42.1. The Morgan fingerprint density at radius 2 is 1.79 bits per heavy atom. The molecule has 0 aromatic rings. The Bertz CT molecular complexity index is 798. The molecule has 3 unspecified atom stereocenters. The number of aliphatic hydroxyl groups excluding tert-OH is 1. The van der Waals surface area contributed by atoms with Gasteiger partial charge in [0.1, 0.15) is 11.6 Å². The third-order valence-corrected chi connectivity index (χ3v) is 8.17. The van der Waals surface area contributed by atoms with E-state index in [1.807, 2.05) is 13.8 Å². The number of rotatable bonds is 10. The fraction of sp³-hybridized carbons (Fsp3) is 0.880. The molecule has 6 atom stereocenters. The van der Waals surface area contributed by atoms with E-state index >= 15 is 0 Å². The number of ether oxygens (including phenoxy) is 1. The van der Waals surface area contributed by atoms with Crippen LogP contribution in [0.2, 0.25) is 0 Å². The van der Waals surface area contributed by atoms with E-state index in [1.165, 1.54) is 0 Å². The fourth-order valence-corrected chi connectivity index (χ4v) is 7.60. The van der Waals surface area contributed by atoms with Crippen molar-refractivity contribution in [3.63, 3.8) is 0 Å². The zero-order valence-electron chi connectivity index (χ0n) is 21.4. The van der Waals surface area contributed by atoms with Crippen LogP contribution in [-0.2, 0) is 19.1 Å². The van der Waals surface area contributed by atoms with Crippen LogP contribution < -0.4 is 10.6 Å². The highest BCUT2D eigenvalue weighted by molar-refractivity contribution is 9.09. The zero-order chi connectivity index (χ0) is 25.5. The molecule has 3 aliphatic rings. The first kappa shape index (κ1) is 27.4. The molecule has 1 spiro atoms. The highest BCUT2D eigenvalue weighted by atomic mass is 79.9. The number of likely N-dealkylation sites (tertiary alicyclic amines) is 1. The maximum atomic E-state index is 13.9. The second kappa shape index (κ2) is 10.1. The first-order valence-electron chi connectivity index (χ1n) is 12.5. The molecule has 0 radical (unpaired) electrons. The second-order valence-electron chi connectivity index (χ2n) is 12.1. The number of hydrogen-bond acceptors (Lipinski definition) is 5. The molecule has 0 aromatic heterocycles. The van der Waals surface area contributed by atoms with Crippen LogP contribution in [0.25, 0.3) is 0 Å². The van der Waals surface area contributed by atoms with Crippen molar-refractivity contribution in [2.75, 3.05) is 20.2 Å². The Balaban J connectivity index is 1.91. The lowest BCUT2D eigenvalue weighted by Gasteiger charge is -2.38. The van der Waals surface area contributed by atoms with Gasteiger partial charge in [0.25, 0.3) is 0 Å². The summed E-state index contributed by atoms with van der Waals surface area (Å²) < 4.78 is 6.46. The number of carbonyl (C=O) groups is 3. The minimum Gasteiger partial charge on any atom is -0.396 e. The molecule has 3 N–H and O–H groups in total. The molecule has 3 heterocycles. The summed E-state index contributed by atoms with van der Waals surface area (Å²) in [7, 11) is 1.57. The van der Waals surface area contributed by atoms with Gasteiger partial charge in [-0.2, -0.15) is 0 Å². The monoisotopic (exact) mass is 543 g/mol. The normalized spacial score (nSPS) is 32.8. The summed E-state index contributed by atoms with van der Waals surface area (Å²) >= 11 is 3.67. The number of halogens is 1. The van der Waals surface area contributed by atoms with Crippen LogP contribution in [-0.4, -0.2) is 76.0 Å². The van der Waals surface area contributed by atoms with Crippen molar-refractivity contribution in [1.82, 2.24) is 15.5 Å². The van der Waals surface area contributed by atoms with Gasteiger partial charge < -0.3 is 25.4 Å². The summed E-state index contributed by atoms with van der Waals surface area (Å²) in [5.41, 5.74) is -1.46. The van der Waals surface area contributed by atoms with E-state index in [0.717, 1.165) is 32.1 Å². The molecular weight excluding hydrogens is 502 g/mol. The van der Waals surface area contributed by atoms with E-state index in [4.69, 9.17) is 9.84 Å². The lowest BCUT2D eigenvalue weighted by Crippen LogP contribution is -2.59. The minimum atomic E-state index is -1.01. The van der Waals surface area contributed by atoms with Crippen LogP contribution in [0.5, 0.6) is 0 Å². The number of carbonyl (C=O) groups excluding carboxylic acids is 3. The molecule has 3 rings (SSSR count). The van der Waals surface area contributed by atoms with Crippen molar-refractivity contribution in [1.29, 1.82) is 0 Å². The summed E-state index contributed by atoms with van der Waals surface area (Å²) in [5.74, 6) is -1.87. The summed E-state index contributed by atoms with van der Waals surface area (Å²) in [6.07, 6.45) is 4.03. The molecule has 34 heavy (non-hydrogen) atoms. The number of fused-ring (bicyclic) bond motifs is 1. The molecule has 0 aliphatic carbocycles. The van der Waals surface area contributed by atoms with Crippen molar-refractivity contribution < 1.29 is 24.2 Å². The molecule has 3 amide bonds. The van der Waals surface area contributed by atoms with Gasteiger partial charge in [-0.05, 0) is 44.9 Å². The maximum Gasteiger partial charge on any atom is 0.246 e. The van der Waals surface area contributed by atoms with E-state index in [9.17, 15) is 14.4 Å². The Morgan fingerprint density at radius 3 is 2.38 bits per heavy atom. The lowest BCUT2D eigenvalue weighted by atomic mass is 9.70. The highest BCUT2D eigenvalue weighted by Gasteiger charge is 2.76. The number of unbranched alkanes of at least 4 members (excludes halogenated alkanes) is 3. The number of amides is 3. The van der Waals surface area contributed by atoms with Crippen LogP contribution >= 0.6 is 15.9 Å².